The van der Waals surface area contributed by atoms with Crippen molar-refractivity contribution in [3.8, 4) is 16.9 Å². The maximum absolute atomic E-state index is 12.4. The molecule has 3 aromatic rings. The van der Waals surface area contributed by atoms with Gasteiger partial charge in [-0.25, -0.2) is 4.98 Å². The first kappa shape index (κ1) is 16.9. The fourth-order valence-electron chi connectivity index (χ4n) is 3.17. The molecule has 1 aromatic heterocycles. The van der Waals surface area contributed by atoms with Crippen LogP contribution in [-0.2, 0) is 4.79 Å². The lowest BCUT2D eigenvalue weighted by Gasteiger charge is -2.14. The number of carbonyl (C=O) groups is 1. The maximum atomic E-state index is 12.4. The van der Waals surface area contributed by atoms with Crippen LogP contribution in [0.3, 0.4) is 0 Å². The Kier molecular flexibility index (Phi) is 5.07. The van der Waals surface area contributed by atoms with Gasteiger partial charge in [0.15, 0.2) is 5.16 Å². The van der Waals surface area contributed by atoms with Gasteiger partial charge in [0.25, 0.3) is 0 Å². The van der Waals surface area contributed by atoms with Crippen LogP contribution in [0.4, 0.5) is 0 Å². The molecule has 0 radical (unpaired) electrons. The van der Waals surface area contributed by atoms with E-state index in [2.05, 4.69) is 28.8 Å². The summed E-state index contributed by atoms with van der Waals surface area (Å²) >= 11 is 1.51. The second-order valence-electron chi connectivity index (χ2n) is 6.36. The number of benzene rings is 2. The molecule has 2 heterocycles. The summed E-state index contributed by atoms with van der Waals surface area (Å²) in [6.45, 7) is 1.78. The molecule has 0 N–H and O–H groups in total. The second kappa shape index (κ2) is 7.79. The molecule has 0 bridgehead atoms. The van der Waals surface area contributed by atoms with Gasteiger partial charge in [-0.05, 0) is 25.0 Å². The number of nitrogens with zero attached hydrogens (tertiary/aromatic N) is 3. The monoisotopic (exact) mass is 363 g/mol. The Bertz CT molecular complexity index is 871. The van der Waals surface area contributed by atoms with E-state index in [0.717, 1.165) is 48.0 Å². The number of imidazole rings is 1. The standard InChI is InChI=1S/C21H21N3OS/c25-20(23-13-7-8-14-23)16-26-21-22-19(17-9-3-1-4-10-17)15-24(21)18-11-5-2-6-12-18/h1-6,9-12,15H,7-8,13-14,16H2. The van der Waals surface area contributed by atoms with Crippen molar-refractivity contribution in [2.45, 2.75) is 18.0 Å². The van der Waals surface area contributed by atoms with Crippen LogP contribution in [0.25, 0.3) is 16.9 Å². The lowest BCUT2D eigenvalue weighted by molar-refractivity contribution is -0.127. The number of hydrogen-bond donors (Lipinski definition) is 0. The van der Waals surface area contributed by atoms with Crippen LogP contribution in [0.5, 0.6) is 0 Å². The van der Waals surface area contributed by atoms with E-state index in [4.69, 9.17) is 4.98 Å². The van der Waals surface area contributed by atoms with Gasteiger partial charge >= 0.3 is 0 Å². The first-order valence-electron chi connectivity index (χ1n) is 8.92. The zero-order chi connectivity index (χ0) is 17.8. The first-order chi connectivity index (χ1) is 12.8. The van der Waals surface area contributed by atoms with Crippen LogP contribution in [0, 0.1) is 0 Å². The molecule has 1 amide bonds. The summed E-state index contributed by atoms with van der Waals surface area (Å²) in [5.41, 5.74) is 3.05. The van der Waals surface area contributed by atoms with E-state index >= 15 is 0 Å². The molecule has 0 aliphatic carbocycles. The lowest BCUT2D eigenvalue weighted by atomic mass is 10.2. The average Bonchev–Trinajstić information content (AvgIpc) is 3.38. The summed E-state index contributed by atoms with van der Waals surface area (Å²) in [7, 11) is 0. The smallest absolute Gasteiger partial charge is 0.233 e. The van der Waals surface area contributed by atoms with Gasteiger partial charge in [0, 0.05) is 30.5 Å². The Hall–Kier alpha value is -2.53. The largest absolute Gasteiger partial charge is 0.342 e. The minimum absolute atomic E-state index is 0.205. The van der Waals surface area contributed by atoms with Gasteiger partial charge in [0.2, 0.25) is 5.91 Å². The van der Waals surface area contributed by atoms with Gasteiger partial charge in [-0.3, -0.25) is 9.36 Å². The lowest BCUT2D eigenvalue weighted by Crippen LogP contribution is -2.29. The van der Waals surface area contributed by atoms with Crippen LogP contribution < -0.4 is 0 Å². The number of aromatic nitrogens is 2. The van der Waals surface area contributed by atoms with Crippen molar-refractivity contribution < 1.29 is 4.79 Å². The quantitative estimate of drug-likeness (QED) is 0.636. The number of hydrogen-bond acceptors (Lipinski definition) is 3. The first-order valence-corrected chi connectivity index (χ1v) is 9.90. The van der Waals surface area contributed by atoms with E-state index in [9.17, 15) is 4.79 Å². The van der Waals surface area contributed by atoms with Crippen molar-refractivity contribution in [3.05, 3.63) is 66.9 Å². The van der Waals surface area contributed by atoms with Crippen molar-refractivity contribution in [3.63, 3.8) is 0 Å². The number of amides is 1. The van der Waals surface area contributed by atoms with Crippen LogP contribution in [0.1, 0.15) is 12.8 Å². The molecule has 1 aliphatic rings. The second-order valence-corrected chi connectivity index (χ2v) is 7.30. The molecule has 0 unspecified atom stereocenters. The van der Waals surface area contributed by atoms with Crippen LogP contribution in [-0.4, -0.2) is 39.2 Å². The van der Waals surface area contributed by atoms with Crippen molar-refractivity contribution >= 4 is 17.7 Å². The van der Waals surface area contributed by atoms with Gasteiger partial charge in [-0.2, -0.15) is 0 Å². The third-order valence-corrected chi connectivity index (χ3v) is 5.50. The SMILES string of the molecule is O=C(CSc1nc(-c2ccccc2)cn1-c1ccccc1)N1CCCC1. The Labute approximate surface area is 157 Å². The highest BCUT2D eigenvalue weighted by atomic mass is 32.2. The van der Waals surface area contributed by atoms with E-state index in [1.807, 2.05) is 47.5 Å². The van der Waals surface area contributed by atoms with Crippen LogP contribution in [0.2, 0.25) is 0 Å². The number of likely N-dealkylation sites (tertiary alicyclic amines) is 1. The predicted octanol–water partition coefficient (Wildman–Crippen LogP) is 4.25. The van der Waals surface area contributed by atoms with Crippen molar-refractivity contribution in [1.82, 2.24) is 14.5 Å². The maximum Gasteiger partial charge on any atom is 0.233 e. The molecule has 0 spiro atoms. The number of para-hydroxylation sites is 1. The summed E-state index contributed by atoms with van der Waals surface area (Å²) < 4.78 is 2.07. The molecular formula is C21H21N3OS. The summed E-state index contributed by atoms with van der Waals surface area (Å²) in [4.78, 5) is 19.2. The minimum Gasteiger partial charge on any atom is -0.342 e. The zero-order valence-electron chi connectivity index (χ0n) is 14.5. The fourth-order valence-corrected chi connectivity index (χ4v) is 4.07. The highest BCUT2D eigenvalue weighted by Crippen LogP contribution is 2.27. The van der Waals surface area contributed by atoms with Gasteiger partial charge in [-0.1, -0.05) is 60.3 Å². The molecule has 0 saturated carbocycles. The minimum atomic E-state index is 0.205. The Morgan fingerprint density at radius 3 is 2.31 bits per heavy atom. The van der Waals surface area contributed by atoms with Crippen molar-refractivity contribution in [2.24, 2.45) is 0 Å². The Morgan fingerprint density at radius 2 is 1.62 bits per heavy atom. The molecule has 2 aromatic carbocycles. The molecular weight excluding hydrogens is 342 g/mol. The highest BCUT2D eigenvalue weighted by Gasteiger charge is 2.19. The summed E-state index contributed by atoms with van der Waals surface area (Å²) in [6.07, 6.45) is 4.29. The van der Waals surface area contributed by atoms with E-state index in [1.54, 1.807) is 0 Å². The Balaban J connectivity index is 1.61. The highest BCUT2D eigenvalue weighted by molar-refractivity contribution is 7.99. The topological polar surface area (TPSA) is 38.1 Å². The molecule has 1 fully saturated rings. The van der Waals surface area contributed by atoms with E-state index in [1.165, 1.54) is 11.8 Å². The van der Waals surface area contributed by atoms with Gasteiger partial charge in [-0.15, -0.1) is 0 Å². The van der Waals surface area contributed by atoms with Crippen LogP contribution in [0.15, 0.2) is 72.0 Å². The third kappa shape index (κ3) is 3.68. The fraction of sp³-hybridized carbons (Fsp3) is 0.238. The summed E-state index contributed by atoms with van der Waals surface area (Å²) in [5.74, 6) is 0.634. The van der Waals surface area contributed by atoms with E-state index in [-0.39, 0.29) is 5.91 Å². The zero-order valence-corrected chi connectivity index (χ0v) is 15.4. The molecule has 26 heavy (non-hydrogen) atoms. The molecule has 4 rings (SSSR count). The van der Waals surface area contributed by atoms with Crippen molar-refractivity contribution in [2.75, 3.05) is 18.8 Å². The normalized spacial score (nSPS) is 13.9. The third-order valence-electron chi connectivity index (χ3n) is 4.56. The molecule has 1 aliphatic heterocycles. The van der Waals surface area contributed by atoms with Gasteiger partial charge < -0.3 is 4.90 Å². The van der Waals surface area contributed by atoms with E-state index in [0.29, 0.717) is 5.75 Å². The average molecular weight is 363 g/mol. The van der Waals surface area contributed by atoms with E-state index < -0.39 is 0 Å². The van der Waals surface area contributed by atoms with Crippen LogP contribution >= 0.6 is 11.8 Å². The molecule has 4 nitrogen and oxygen atoms in total. The number of carbonyl (C=O) groups excluding carboxylic acids is 1. The molecule has 5 heteroatoms. The van der Waals surface area contributed by atoms with Gasteiger partial charge in [0.05, 0.1) is 11.4 Å². The predicted molar refractivity (Wildman–Crippen MR) is 106 cm³/mol. The van der Waals surface area contributed by atoms with Crippen molar-refractivity contribution in [1.29, 1.82) is 0 Å². The Morgan fingerprint density at radius 1 is 0.962 bits per heavy atom. The molecule has 1 saturated heterocycles. The number of thioether (sulfide) groups is 1. The van der Waals surface area contributed by atoms with Gasteiger partial charge in [0.1, 0.15) is 0 Å². The molecule has 132 valence electrons. The summed E-state index contributed by atoms with van der Waals surface area (Å²) in [5, 5.41) is 0.850. The summed E-state index contributed by atoms with van der Waals surface area (Å²) in [6, 6.07) is 20.3. The number of rotatable bonds is 5. The molecule has 0 atom stereocenters.